The van der Waals surface area contributed by atoms with Gasteiger partial charge in [0.15, 0.2) is 5.96 Å². The SMILES string of the molecule is CCNC(=NCC(c1ccc(C)cc1)N(C)C)N1CCN(c2cnn(C)c2)C(=O)C1.I. The molecular formula is C22H34IN7O. The summed E-state index contributed by atoms with van der Waals surface area (Å²) in [6, 6.07) is 8.78. The molecule has 1 aliphatic heterocycles. The van der Waals surface area contributed by atoms with Crippen molar-refractivity contribution in [2.24, 2.45) is 12.0 Å². The molecule has 1 N–H and O–H groups in total. The van der Waals surface area contributed by atoms with Crippen LogP contribution in [0.1, 0.15) is 24.1 Å². The van der Waals surface area contributed by atoms with E-state index >= 15 is 0 Å². The molecule has 2 heterocycles. The third-order valence-electron chi connectivity index (χ3n) is 5.36. The van der Waals surface area contributed by atoms with E-state index in [1.807, 2.05) is 25.1 Å². The van der Waals surface area contributed by atoms with Crippen LogP contribution in [-0.4, -0.2) is 78.3 Å². The Bertz CT molecular complexity index is 878. The predicted octanol–water partition coefficient (Wildman–Crippen LogP) is 2.26. The zero-order valence-electron chi connectivity index (χ0n) is 19.1. The molecule has 8 nitrogen and oxygen atoms in total. The summed E-state index contributed by atoms with van der Waals surface area (Å²) in [5.74, 6) is 0.846. The predicted molar refractivity (Wildman–Crippen MR) is 136 cm³/mol. The van der Waals surface area contributed by atoms with Crippen molar-refractivity contribution < 1.29 is 4.79 Å². The highest BCUT2D eigenvalue weighted by molar-refractivity contribution is 14.0. The molecule has 1 saturated heterocycles. The van der Waals surface area contributed by atoms with E-state index in [0.29, 0.717) is 19.6 Å². The molecule has 0 bridgehead atoms. The van der Waals surface area contributed by atoms with Crippen LogP contribution in [0.15, 0.2) is 41.7 Å². The van der Waals surface area contributed by atoms with Crippen molar-refractivity contribution in [3.8, 4) is 0 Å². The Morgan fingerprint density at radius 3 is 2.52 bits per heavy atom. The van der Waals surface area contributed by atoms with Crippen LogP contribution in [0.3, 0.4) is 0 Å². The van der Waals surface area contributed by atoms with Crippen molar-refractivity contribution in [3.05, 3.63) is 47.8 Å². The van der Waals surface area contributed by atoms with Crippen molar-refractivity contribution in [3.63, 3.8) is 0 Å². The summed E-state index contributed by atoms with van der Waals surface area (Å²) < 4.78 is 1.72. The third-order valence-corrected chi connectivity index (χ3v) is 5.36. The largest absolute Gasteiger partial charge is 0.357 e. The summed E-state index contributed by atoms with van der Waals surface area (Å²) in [5, 5.41) is 7.53. The molecule has 1 atom stereocenters. The lowest BCUT2D eigenvalue weighted by atomic mass is 10.0. The monoisotopic (exact) mass is 539 g/mol. The fourth-order valence-corrected chi connectivity index (χ4v) is 3.63. The molecule has 9 heteroatoms. The molecule has 0 radical (unpaired) electrons. The fourth-order valence-electron chi connectivity index (χ4n) is 3.63. The van der Waals surface area contributed by atoms with E-state index in [0.717, 1.165) is 24.7 Å². The Kier molecular flexibility index (Phi) is 9.30. The molecule has 31 heavy (non-hydrogen) atoms. The van der Waals surface area contributed by atoms with E-state index in [1.54, 1.807) is 15.8 Å². The van der Waals surface area contributed by atoms with Gasteiger partial charge in [-0.25, -0.2) is 0 Å². The van der Waals surface area contributed by atoms with Crippen LogP contribution in [0.4, 0.5) is 5.69 Å². The van der Waals surface area contributed by atoms with Gasteiger partial charge in [-0.3, -0.25) is 14.5 Å². The second kappa shape index (κ2) is 11.5. The zero-order chi connectivity index (χ0) is 21.7. The van der Waals surface area contributed by atoms with Crippen LogP contribution in [0.2, 0.25) is 0 Å². The maximum absolute atomic E-state index is 12.8. The number of carbonyl (C=O) groups excluding carboxylic acids is 1. The number of amides is 1. The lowest BCUT2D eigenvalue weighted by molar-refractivity contribution is -0.120. The Hall–Kier alpha value is -2.14. The minimum Gasteiger partial charge on any atom is -0.357 e. The van der Waals surface area contributed by atoms with Gasteiger partial charge in [0.2, 0.25) is 5.91 Å². The summed E-state index contributed by atoms with van der Waals surface area (Å²) in [4.78, 5) is 23.7. The molecule has 0 aliphatic carbocycles. The number of aliphatic imine (C=N–C) groups is 1. The highest BCUT2D eigenvalue weighted by Gasteiger charge is 2.28. The minimum absolute atomic E-state index is 0. The number of likely N-dealkylation sites (N-methyl/N-ethyl adjacent to an activating group) is 1. The number of piperazine rings is 1. The molecule has 2 aromatic rings. The first-order valence-electron chi connectivity index (χ1n) is 10.4. The summed E-state index contributed by atoms with van der Waals surface area (Å²) in [7, 11) is 6.00. The average molecular weight is 539 g/mol. The van der Waals surface area contributed by atoms with Gasteiger partial charge in [0, 0.05) is 32.9 Å². The molecule has 1 aromatic heterocycles. The number of aromatic nitrogens is 2. The summed E-state index contributed by atoms with van der Waals surface area (Å²) in [5.41, 5.74) is 3.33. The van der Waals surface area contributed by atoms with Gasteiger partial charge in [0.1, 0.15) is 6.54 Å². The maximum atomic E-state index is 12.8. The number of rotatable bonds is 6. The topological polar surface area (TPSA) is 69.0 Å². The maximum Gasteiger partial charge on any atom is 0.246 e. The quantitative estimate of drug-likeness (QED) is 0.347. The van der Waals surface area contributed by atoms with Gasteiger partial charge in [0.25, 0.3) is 0 Å². The lowest BCUT2D eigenvalue weighted by Crippen LogP contribution is -2.55. The van der Waals surface area contributed by atoms with Crippen LogP contribution in [-0.2, 0) is 11.8 Å². The van der Waals surface area contributed by atoms with Gasteiger partial charge in [-0.2, -0.15) is 5.10 Å². The molecule has 1 aromatic carbocycles. The number of nitrogens with zero attached hydrogens (tertiary/aromatic N) is 6. The van der Waals surface area contributed by atoms with E-state index < -0.39 is 0 Å². The smallest absolute Gasteiger partial charge is 0.246 e. The Labute approximate surface area is 202 Å². The standard InChI is InChI=1S/C22H33N7O.HI/c1-6-23-22(24-14-20(26(3)4)18-9-7-17(2)8-10-18)28-11-12-29(21(30)16-28)19-13-25-27(5)15-19;/h7-10,13,15,20H,6,11-12,14,16H2,1-5H3,(H,23,24);1H. The second-order valence-corrected chi connectivity index (χ2v) is 7.92. The molecule has 1 aliphatic rings. The lowest BCUT2D eigenvalue weighted by Gasteiger charge is -2.35. The number of nitrogens with one attached hydrogen (secondary N) is 1. The van der Waals surface area contributed by atoms with Crippen LogP contribution in [0, 0.1) is 6.92 Å². The molecular weight excluding hydrogens is 505 g/mol. The van der Waals surface area contributed by atoms with Crippen molar-refractivity contribution in [2.45, 2.75) is 19.9 Å². The molecule has 0 saturated carbocycles. The van der Waals surface area contributed by atoms with Crippen LogP contribution in [0.25, 0.3) is 0 Å². The van der Waals surface area contributed by atoms with Gasteiger partial charge in [0.05, 0.1) is 24.5 Å². The fraction of sp³-hybridized carbons (Fsp3) is 0.500. The Balaban J connectivity index is 0.00000341. The number of guanidine groups is 1. The third kappa shape index (κ3) is 6.42. The summed E-state index contributed by atoms with van der Waals surface area (Å²) in [6.07, 6.45) is 3.60. The average Bonchev–Trinajstić information content (AvgIpc) is 3.14. The first kappa shape index (κ1) is 25.1. The minimum atomic E-state index is 0. The van der Waals surface area contributed by atoms with Crippen LogP contribution >= 0.6 is 24.0 Å². The number of hydrogen-bond donors (Lipinski definition) is 1. The molecule has 1 unspecified atom stereocenters. The van der Waals surface area contributed by atoms with Gasteiger partial charge in [-0.1, -0.05) is 29.8 Å². The van der Waals surface area contributed by atoms with Gasteiger partial charge >= 0.3 is 0 Å². The van der Waals surface area contributed by atoms with Crippen LogP contribution in [0.5, 0.6) is 0 Å². The number of halogens is 1. The number of carbonyl (C=O) groups is 1. The zero-order valence-corrected chi connectivity index (χ0v) is 21.4. The van der Waals surface area contributed by atoms with E-state index in [2.05, 4.69) is 60.6 Å². The van der Waals surface area contributed by atoms with Crippen molar-refractivity contribution in [2.75, 3.05) is 51.7 Å². The number of anilines is 1. The number of hydrogen-bond acceptors (Lipinski definition) is 4. The molecule has 0 spiro atoms. The normalized spacial score (nSPS) is 15.8. The molecule has 3 rings (SSSR count). The van der Waals surface area contributed by atoms with Crippen molar-refractivity contribution in [1.29, 1.82) is 0 Å². The Morgan fingerprint density at radius 2 is 1.97 bits per heavy atom. The van der Waals surface area contributed by atoms with E-state index in [4.69, 9.17) is 4.99 Å². The number of benzene rings is 1. The summed E-state index contributed by atoms with van der Waals surface area (Å²) >= 11 is 0. The van der Waals surface area contributed by atoms with E-state index in [-0.39, 0.29) is 35.9 Å². The van der Waals surface area contributed by atoms with Crippen molar-refractivity contribution >= 4 is 41.5 Å². The molecule has 1 fully saturated rings. The van der Waals surface area contributed by atoms with Gasteiger partial charge in [-0.15, -0.1) is 24.0 Å². The second-order valence-electron chi connectivity index (χ2n) is 7.92. The molecule has 170 valence electrons. The van der Waals surface area contributed by atoms with E-state index in [1.165, 1.54) is 11.1 Å². The molecule has 1 amide bonds. The summed E-state index contributed by atoms with van der Waals surface area (Å²) in [6.45, 7) is 7.17. The van der Waals surface area contributed by atoms with Gasteiger partial charge in [-0.05, 0) is 33.5 Å². The first-order chi connectivity index (χ1) is 14.4. The van der Waals surface area contributed by atoms with Gasteiger partial charge < -0.3 is 20.0 Å². The highest BCUT2D eigenvalue weighted by atomic mass is 127. The van der Waals surface area contributed by atoms with Crippen molar-refractivity contribution in [1.82, 2.24) is 24.9 Å². The van der Waals surface area contributed by atoms with E-state index in [9.17, 15) is 4.79 Å². The highest BCUT2D eigenvalue weighted by Crippen LogP contribution is 2.20. The Morgan fingerprint density at radius 1 is 1.26 bits per heavy atom. The first-order valence-corrected chi connectivity index (χ1v) is 10.4. The van der Waals surface area contributed by atoms with Crippen LogP contribution < -0.4 is 10.2 Å². The number of aryl methyl sites for hydroxylation is 2.